The van der Waals surface area contributed by atoms with Crippen LogP contribution in [0.15, 0.2) is 82.0 Å². The highest BCUT2D eigenvalue weighted by Crippen LogP contribution is 2.44. The minimum Gasteiger partial charge on any atom is -0.459 e. The van der Waals surface area contributed by atoms with Crippen LogP contribution >= 0.6 is 11.8 Å². The molecule has 0 fully saturated rings. The average molecular weight is 480 g/mol. The third kappa shape index (κ3) is 5.22. The van der Waals surface area contributed by atoms with Crippen molar-refractivity contribution < 1.29 is 18.7 Å². The predicted molar refractivity (Wildman–Crippen MR) is 131 cm³/mol. The summed E-state index contributed by atoms with van der Waals surface area (Å²) >= 11 is 1.43. The molecule has 4 rings (SSSR count). The van der Waals surface area contributed by atoms with Crippen molar-refractivity contribution in [3.8, 4) is 0 Å². The van der Waals surface area contributed by atoms with Crippen LogP contribution in [0.5, 0.6) is 0 Å². The van der Waals surface area contributed by atoms with E-state index in [9.17, 15) is 14.0 Å². The van der Waals surface area contributed by atoms with Gasteiger partial charge in [-0.3, -0.25) is 4.79 Å². The number of esters is 1. The molecule has 2 heterocycles. The van der Waals surface area contributed by atoms with Gasteiger partial charge in [0.1, 0.15) is 5.82 Å². The van der Waals surface area contributed by atoms with Crippen molar-refractivity contribution in [2.45, 2.75) is 45.9 Å². The number of aliphatic imine (C=N–C) groups is 1. The van der Waals surface area contributed by atoms with Gasteiger partial charge in [0.2, 0.25) is 5.91 Å². The summed E-state index contributed by atoms with van der Waals surface area (Å²) in [5, 5.41) is 5.50. The van der Waals surface area contributed by atoms with E-state index in [1.807, 2.05) is 61.4 Å². The van der Waals surface area contributed by atoms with Crippen LogP contribution in [0.1, 0.15) is 44.4 Å². The number of carbonyl (C=O) groups excluding carboxylic acids is 2. The van der Waals surface area contributed by atoms with Crippen LogP contribution in [0.3, 0.4) is 0 Å². The molecule has 1 N–H and O–H groups in total. The Morgan fingerprint density at radius 3 is 2.53 bits per heavy atom. The van der Waals surface area contributed by atoms with Crippen LogP contribution in [0.2, 0.25) is 0 Å². The molecule has 0 saturated heterocycles. The normalized spacial score (nSPS) is 17.3. The number of thioether (sulfide) groups is 1. The van der Waals surface area contributed by atoms with Crippen LogP contribution in [-0.2, 0) is 20.9 Å². The van der Waals surface area contributed by atoms with E-state index < -0.39 is 12.0 Å². The second-order valence-corrected chi connectivity index (χ2v) is 9.17. The van der Waals surface area contributed by atoms with Crippen molar-refractivity contribution in [1.82, 2.24) is 10.2 Å². The molecule has 0 bridgehead atoms. The first-order chi connectivity index (χ1) is 16.3. The number of fused-ring (bicyclic) bond motifs is 1. The maximum absolute atomic E-state index is 13.1. The van der Waals surface area contributed by atoms with Gasteiger partial charge in [0.25, 0.3) is 0 Å². The fraction of sp³-hybridized carbons (Fsp3) is 0.269. The zero-order chi connectivity index (χ0) is 24.2. The first-order valence-corrected chi connectivity index (χ1v) is 11.9. The number of nitrogens with zero attached hydrogens (tertiary/aromatic N) is 2. The van der Waals surface area contributed by atoms with Crippen LogP contribution in [0.4, 0.5) is 4.39 Å². The van der Waals surface area contributed by atoms with Crippen molar-refractivity contribution in [2.75, 3.05) is 0 Å². The van der Waals surface area contributed by atoms with Gasteiger partial charge in [-0.2, -0.15) is 0 Å². The lowest BCUT2D eigenvalue weighted by Crippen LogP contribution is -2.38. The maximum atomic E-state index is 13.1. The van der Waals surface area contributed by atoms with Gasteiger partial charge in [-0.15, -0.1) is 0 Å². The van der Waals surface area contributed by atoms with Crippen molar-refractivity contribution in [1.29, 1.82) is 0 Å². The number of amidine groups is 1. The zero-order valence-corrected chi connectivity index (χ0v) is 20.1. The van der Waals surface area contributed by atoms with Gasteiger partial charge < -0.3 is 15.0 Å². The Bertz CT molecular complexity index is 1170. The Labute approximate surface area is 202 Å². The molecule has 0 aromatic heterocycles. The summed E-state index contributed by atoms with van der Waals surface area (Å²) in [7, 11) is 0. The lowest BCUT2D eigenvalue weighted by atomic mass is 9.94. The molecule has 2 aromatic carbocycles. The van der Waals surface area contributed by atoms with Gasteiger partial charge in [0.15, 0.2) is 5.17 Å². The van der Waals surface area contributed by atoms with Crippen molar-refractivity contribution >= 4 is 28.8 Å². The molecule has 176 valence electrons. The first-order valence-electron chi connectivity index (χ1n) is 11.0. The summed E-state index contributed by atoms with van der Waals surface area (Å²) in [5.74, 6) is -0.912. The number of rotatable bonds is 7. The molecule has 1 atom stereocenters. The number of hydrogen-bond donors (Lipinski definition) is 1. The van der Waals surface area contributed by atoms with E-state index in [2.05, 4.69) is 10.3 Å². The molecular formula is C26H26FN3O3S. The van der Waals surface area contributed by atoms with Crippen molar-refractivity contribution in [3.05, 3.63) is 93.9 Å². The number of hydrogen-bond acceptors (Lipinski definition) is 6. The molecule has 0 radical (unpaired) electrons. The number of halogens is 1. The molecule has 1 amide bonds. The number of benzene rings is 2. The minimum atomic E-state index is -0.453. The molecule has 8 heteroatoms. The second-order valence-electron chi connectivity index (χ2n) is 8.34. The molecule has 34 heavy (non-hydrogen) atoms. The van der Waals surface area contributed by atoms with Gasteiger partial charge in [0.05, 0.1) is 29.8 Å². The summed E-state index contributed by atoms with van der Waals surface area (Å²) in [6.07, 6.45) is -0.156. The molecule has 0 spiro atoms. The molecule has 0 aliphatic carbocycles. The van der Waals surface area contributed by atoms with E-state index in [0.29, 0.717) is 23.0 Å². The smallest absolute Gasteiger partial charge is 0.338 e. The lowest BCUT2D eigenvalue weighted by Gasteiger charge is -2.36. The highest BCUT2D eigenvalue weighted by atomic mass is 32.2. The fourth-order valence-corrected chi connectivity index (χ4v) is 4.85. The topological polar surface area (TPSA) is 71.0 Å². The highest BCUT2D eigenvalue weighted by molar-refractivity contribution is 8.16. The predicted octanol–water partition coefficient (Wildman–Crippen LogP) is 5.06. The molecule has 2 aliphatic rings. The summed E-state index contributed by atoms with van der Waals surface area (Å²) in [4.78, 5) is 32.5. The second kappa shape index (κ2) is 10.3. The van der Waals surface area contributed by atoms with Gasteiger partial charge in [-0.25, -0.2) is 14.2 Å². The monoisotopic (exact) mass is 479 g/mol. The number of allylic oxidation sites excluding steroid dienone is 1. The lowest BCUT2D eigenvalue weighted by molar-refractivity contribution is -0.143. The Kier molecular flexibility index (Phi) is 7.17. The molecule has 2 aromatic rings. The third-order valence-electron chi connectivity index (χ3n) is 5.42. The SMILES string of the molecule is CC1=C(C(=O)OC(C)C)[C@H](c2ccccc2)N2C(CC(=O)NCc3ccc(F)cc3)=CSC2=N1. The van der Waals surface area contributed by atoms with Gasteiger partial charge >= 0.3 is 5.97 Å². The van der Waals surface area contributed by atoms with E-state index in [1.165, 1.54) is 23.9 Å². The van der Waals surface area contributed by atoms with Crippen LogP contribution in [0, 0.1) is 5.82 Å². The third-order valence-corrected chi connectivity index (χ3v) is 6.31. The van der Waals surface area contributed by atoms with Gasteiger partial charge in [-0.05, 0) is 49.4 Å². The number of carbonyl (C=O) groups is 2. The van der Waals surface area contributed by atoms with Crippen molar-refractivity contribution in [2.24, 2.45) is 4.99 Å². The number of ether oxygens (including phenoxy) is 1. The van der Waals surface area contributed by atoms with E-state index >= 15 is 0 Å². The highest BCUT2D eigenvalue weighted by Gasteiger charge is 2.41. The Hall–Kier alpha value is -3.39. The van der Waals surface area contributed by atoms with Crippen LogP contribution in [-0.4, -0.2) is 28.0 Å². The Morgan fingerprint density at radius 2 is 1.85 bits per heavy atom. The average Bonchev–Trinajstić information content (AvgIpc) is 3.19. The Balaban J connectivity index is 1.57. The van der Waals surface area contributed by atoms with E-state index in [1.54, 1.807) is 12.1 Å². The minimum absolute atomic E-state index is 0.113. The quantitative estimate of drug-likeness (QED) is 0.562. The summed E-state index contributed by atoms with van der Waals surface area (Å²) in [5.41, 5.74) is 3.53. The summed E-state index contributed by atoms with van der Waals surface area (Å²) in [6.45, 7) is 5.73. The molecule has 6 nitrogen and oxygen atoms in total. The molecular weight excluding hydrogens is 453 g/mol. The van der Waals surface area contributed by atoms with Crippen LogP contribution in [0.25, 0.3) is 0 Å². The van der Waals surface area contributed by atoms with E-state index in [-0.39, 0.29) is 24.2 Å². The Morgan fingerprint density at radius 1 is 1.15 bits per heavy atom. The fourth-order valence-electron chi connectivity index (χ4n) is 3.89. The standard InChI is InChI=1S/C26H26FN3O3S/c1-16(2)33-25(32)23-17(3)29-26-30(24(23)19-7-5-4-6-8-19)21(15-34-26)13-22(31)28-14-18-9-11-20(27)12-10-18/h4-12,15-16,24H,13-14H2,1-3H3,(H,28,31)/t24-/m0/s1. The van der Waals surface area contributed by atoms with Gasteiger partial charge in [-0.1, -0.05) is 54.2 Å². The maximum Gasteiger partial charge on any atom is 0.338 e. The largest absolute Gasteiger partial charge is 0.459 e. The van der Waals surface area contributed by atoms with Crippen molar-refractivity contribution in [3.63, 3.8) is 0 Å². The zero-order valence-electron chi connectivity index (χ0n) is 19.2. The molecule has 2 aliphatic heterocycles. The summed E-state index contributed by atoms with van der Waals surface area (Å²) in [6, 6.07) is 15.2. The molecule has 0 unspecified atom stereocenters. The number of nitrogens with one attached hydrogen (secondary N) is 1. The summed E-state index contributed by atoms with van der Waals surface area (Å²) < 4.78 is 18.7. The number of amides is 1. The van der Waals surface area contributed by atoms with Gasteiger partial charge in [0, 0.05) is 12.2 Å². The first kappa shape index (κ1) is 23.8. The van der Waals surface area contributed by atoms with E-state index in [4.69, 9.17) is 4.74 Å². The molecule has 0 saturated carbocycles. The van der Waals surface area contributed by atoms with E-state index in [0.717, 1.165) is 16.8 Å². The van der Waals surface area contributed by atoms with Crippen LogP contribution < -0.4 is 5.32 Å².